The van der Waals surface area contributed by atoms with Crippen molar-refractivity contribution in [3.63, 3.8) is 0 Å². The molecule has 0 N–H and O–H groups in total. The molecule has 2 heterocycles. The van der Waals surface area contributed by atoms with E-state index < -0.39 is 0 Å². The van der Waals surface area contributed by atoms with Gasteiger partial charge in [0.25, 0.3) is 0 Å². The topological polar surface area (TPSA) is 34.0 Å². The fourth-order valence-corrected chi connectivity index (χ4v) is 2.19. The van der Waals surface area contributed by atoms with E-state index in [4.69, 9.17) is 23.2 Å². The molecule has 0 bridgehead atoms. The van der Waals surface area contributed by atoms with Crippen LogP contribution < -0.4 is 0 Å². The zero-order chi connectivity index (χ0) is 13.1. The molecule has 4 nitrogen and oxygen atoms in total. The summed E-state index contributed by atoms with van der Waals surface area (Å²) in [7, 11) is 3.93. The Morgan fingerprint density at radius 1 is 1.28 bits per heavy atom. The maximum absolute atomic E-state index is 6.11. The minimum absolute atomic E-state index is 0.415. The number of rotatable bonds is 4. The third-order valence-electron chi connectivity index (χ3n) is 2.55. The van der Waals surface area contributed by atoms with Crippen molar-refractivity contribution in [2.24, 2.45) is 7.05 Å². The normalized spacial score (nSPS) is 11.2. The van der Waals surface area contributed by atoms with Crippen LogP contribution in [-0.2, 0) is 20.1 Å². The molecule has 2 aromatic rings. The maximum Gasteiger partial charge on any atom is 0.130 e. The van der Waals surface area contributed by atoms with Gasteiger partial charge in [-0.15, -0.1) is 0 Å². The highest BCUT2D eigenvalue weighted by Gasteiger charge is 2.07. The van der Waals surface area contributed by atoms with Gasteiger partial charge in [-0.3, -0.25) is 9.58 Å². The van der Waals surface area contributed by atoms with Gasteiger partial charge in [-0.2, -0.15) is 5.10 Å². The second-order valence-electron chi connectivity index (χ2n) is 4.29. The minimum atomic E-state index is 0.415. The van der Waals surface area contributed by atoms with Crippen molar-refractivity contribution in [1.82, 2.24) is 19.7 Å². The molecular weight excluding hydrogens is 271 g/mol. The van der Waals surface area contributed by atoms with Crippen LogP contribution in [0.2, 0.25) is 10.2 Å². The third kappa shape index (κ3) is 3.45. The molecule has 0 saturated carbocycles. The lowest BCUT2D eigenvalue weighted by atomic mass is 10.2. The molecule has 2 aromatic heterocycles. The van der Waals surface area contributed by atoms with Crippen molar-refractivity contribution in [1.29, 1.82) is 0 Å². The molecule has 96 valence electrons. The molecule has 0 fully saturated rings. The predicted octanol–water partition coefficient (Wildman–Crippen LogP) is 2.75. The van der Waals surface area contributed by atoms with Gasteiger partial charge in [0.05, 0.1) is 6.20 Å². The molecule has 0 spiro atoms. The van der Waals surface area contributed by atoms with E-state index in [0.29, 0.717) is 10.2 Å². The fraction of sp³-hybridized carbons (Fsp3) is 0.333. The molecule has 0 radical (unpaired) electrons. The Balaban J connectivity index is 2.00. The van der Waals surface area contributed by atoms with Gasteiger partial charge in [0.15, 0.2) is 0 Å². The van der Waals surface area contributed by atoms with Crippen LogP contribution in [0.25, 0.3) is 0 Å². The number of nitrogens with zero attached hydrogens (tertiary/aromatic N) is 4. The van der Waals surface area contributed by atoms with E-state index in [2.05, 4.69) is 15.0 Å². The smallest absolute Gasteiger partial charge is 0.130 e. The van der Waals surface area contributed by atoms with E-state index in [9.17, 15) is 0 Å². The average molecular weight is 285 g/mol. The standard InChI is InChI=1S/C12H14Cl2N4/c1-17(6-9-4-16-18(2)7-9)8-10-5-15-12(14)3-11(10)13/h3-5,7H,6,8H2,1-2H3. The van der Waals surface area contributed by atoms with Gasteiger partial charge in [-0.05, 0) is 13.1 Å². The van der Waals surface area contributed by atoms with Crippen LogP contribution >= 0.6 is 23.2 Å². The molecule has 0 atom stereocenters. The van der Waals surface area contributed by atoms with Crippen molar-refractivity contribution in [3.8, 4) is 0 Å². The van der Waals surface area contributed by atoms with Gasteiger partial charge in [0.2, 0.25) is 0 Å². The predicted molar refractivity (Wildman–Crippen MR) is 72.6 cm³/mol. The van der Waals surface area contributed by atoms with Gasteiger partial charge in [-0.25, -0.2) is 4.98 Å². The molecule has 6 heteroatoms. The van der Waals surface area contributed by atoms with Crippen LogP contribution in [0.3, 0.4) is 0 Å². The van der Waals surface area contributed by atoms with E-state index in [1.165, 1.54) is 0 Å². The number of aromatic nitrogens is 3. The van der Waals surface area contributed by atoms with Crippen LogP contribution in [0, 0.1) is 0 Å². The van der Waals surface area contributed by atoms with E-state index >= 15 is 0 Å². The monoisotopic (exact) mass is 284 g/mol. The van der Waals surface area contributed by atoms with Gasteiger partial charge in [0, 0.05) is 48.7 Å². The Kier molecular flexibility index (Phi) is 4.22. The molecule has 0 unspecified atom stereocenters. The van der Waals surface area contributed by atoms with Gasteiger partial charge < -0.3 is 0 Å². The summed E-state index contributed by atoms with van der Waals surface area (Å²) < 4.78 is 1.79. The number of halogens is 2. The van der Waals surface area contributed by atoms with Crippen molar-refractivity contribution in [3.05, 3.63) is 46.0 Å². The molecule has 0 aliphatic carbocycles. The van der Waals surface area contributed by atoms with Crippen LogP contribution in [0.5, 0.6) is 0 Å². The second-order valence-corrected chi connectivity index (χ2v) is 5.09. The quantitative estimate of drug-likeness (QED) is 0.810. The Morgan fingerprint density at radius 3 is 2.67 bits per heavy atom. The molecule has 0 aromatic carbocycles. The third-order valence-corrected chi connectivity index (χ3v) is 3.11. The Morgan fingerprint density at radius 2 is 2.06 bits per heavy atom. The lowest BCUT2D eigenvalue weighted by Crippen LogP contribution is -2.17. The molecule has 0 amide bonds. The van der Waals surface area contributed by atoms with E-state index in [1.54, 1.807) is 16.9 Å². The molecule has 18 heavy (non-hydrogen) atoms. The Hall–Kier alpha value is -1.10. The largest absolute Gasteiger partial charge is 0.298 e. The zero-order valence-electron chi connectivity index (χ0n) is 10.3. The second kappa shape index (κ2) is 5.69. The molecule has 2 rings (SSSR count). The summed E-state index contributed by atoms with van der Waals surface area (Å²) in [6.07, 6.45) is 5.57. The SMILES string of the molecule is CN(Cc1cnn(C)c1)Cc1cnc(Cl)cc1Cl. The first-order chi connectivity index (χ1) is 8.54. The molecule has 0 aliphatic rings. The van der Waals surface area contributed by atoms with Crippen LogP contribution in [0.15, 0.2) is 24.7 Å². The summed E-state index contributed by atoms with van der Waals surface area (Å²) in [5.41, 5.74) is 2.13. The first-order valence-electron chi connectivity index (χ1n) is 5.50. The number of hydrogen-bond acceptors (Lipinski definition) is 3. The molecule has 0 saturated heterocycles. The fourth-order valence-electron chi connectivity index (χ4n) is 1.76. The van der Waals surface area contributed by atoms with Gasteiger partial charge in [-0.1, -0.05) is 23.2 Å². The summed E-state index contributed by atoms with van der Waals surface area (Å²) in [5, 5.41) is 5.20. The highest BCUT2D eigenvalue weighted by molar-refractivity contribution is 6.34. The number of aryl methyl sites for hydroxylation is 1. The summed E-state index contributed by atoms with van der Waals surface area (Å²) in [5.74, 6) is 0. The molecular formula is C12H14Cl2N4. The highest BCUT2D eigenvalue weighted by atomic mass is 35.5. The van der Waals surface area contributed by atoms with E-state index in [1.807, 2.05) is 26.5 Å². The molecule has 0 aliphatic heterocycles. The average Bonchev–Trinajstić information content (AvgIpc) is 2.68. The first-order valence-corrected chi connectivity index (χ1v) is 6.26. The summed E-state index contributed by atoms with van der Waals surface area (Å²) in [4.78, 5) is 6.19. The zero-order valence-corrected chi connectivity index (χ0v) is 11.8. The van der Waals surface area contributed by atoms with Crippen LogP contribution in [0.4, 0.5) is 0 Å². The number of hydrogen-bond donors (Lipinski definition) is 0. The van der Waals surface area contributed by atoms with Crippen molar-refractivity contribution >= 4 is 23.2 Å². The Bertz CT molecular complexity index is 539. The summed E-state index contributed by atoms with van der Waals surface area (Å²) >= 11 is 11.9. The summed E-state index contributed by atoms with van der Waals surface area (Å²) in [6.45, 7) is 1.53. The summed E-state index contributed by atoms with van der Waals surface area (Å²) in [6, 6.07) is 1.66. The minimum Gasteiger partial charge on any atom is -0.298 e. The van der Waals surface area contributed by atoms with Gasteiger partial charge in [0.1, 0.15) is 5.15 Å². The lowest BCUT2D eigenvalue weighted by Gasteiger charge is -2.16. The lowest BCUT2D eigenvalue weighted by molar-refractivity contribution is 0.318. The van der Waals surface area contributed by atoms with Crippen molar-refractivity contribution in [2.45, 2.75) is 13.1 Å². The Labute approximate surface area is 116 Å². The van der Waals surface area contributed by atoms with Crippen LogP contribution in [-0.4, -0.2) is 26.7 Å². The van der Waals surface area contributed by atoms with Gasteiger partial charge >= 0.3 is 0 Å². The van der Waals surface area contributed by atoms with Crippen LogP contribution in [0.1, 0.15) is 11.1 Å². The van der Waals surface area contributed by atoms with Crippen molar-refractivity contribution in [2.75, 3.05) is 7.05 Å². The maximum atomic E-state index is 6.11. The number of pyridine rings is 1. The highest BCUT2D eigenvalue weighted by Crippen LogP contribution is 2.20. The van der Waals surface area contributed by atoms with Crippen molar-refractivity contribution < 1.29 is 0 Å². The van der Waals surface area contributed by atoms with E-state index in [0.717, 1.165) is 24.2 Å². The first kappa shape index (κ1) is 13.3. The van der Waals surface area contributed by atoms with E-state index in [-0.39, 0.29) is 0 Å².